The number of carbonyl (C=O) groups excluding carboxylic acids is 2. The third kappa shape index (κ3) is 8.12. The SMILES string of the molecule is Cc1cccc(CN(C(=O)Cc2ccc(Cl)cc2Cl)[C@@H](Cc2ccccc2)C(=O)NCC(C)C)c1. The fraction of sp³-hybridized carbons (Fsp3) is 0.310. The molecular weight excluding hydrogens is 479 g/mol. The van der Waals surface area contributed by atoms with Crippen LogP contribution in [0.15, 0.2) is 72.8 Å². The van der Waals surface area contributed by atoms with Crippen LogP contribution in [0.1, 0.15) is 36.1 Å². The molecule has 1 atom stereocenters. The van der Waals surface area contributed by atoms with E-state index in [1.807, 2.05) is 75.4 Å². The molecule has 6 heteroatoms. The summed E-state index contributed by atoms with van der Waals surface area (Å²) in [7, 11) is 0. The summed E-state index contributed by atoms with van der Waals surface area (Å²) < 4.78 is 0. The van der Waals surface area contributed by atoms with Crippen LogP contribution in [-0.2, 0) is 29.0 Å². The van der Waals surface area contributed by atoms with Crippen LogP contribution in [-0.4, -0.2) is 29.3 Å². The lowest BCUT2D eigenvalue weighted by Gasteiger charge is -2.32. The van der Waals surface area contributed by atoms with E-state index in [-0.39, 0.29) is 18.2 Å². The number of nitrogens with one attached hydrogen (secondary N) is 1. The van der Waals surface area contributed by atoms with Gasteiger partial charge in [0.05, 0.1) is 6.42 Å². The predicted molar refractivity (Wildman–Crippen MR) is 144 cm³/mol. The lowest BCUT2D eigenvalue weighted by molar-refractivity contribution is -0.140. The quantitative estimate of drug-likeness (QED) is 0.350. The summed E-state index contributed by atoms with van der Waals surface area (Å²) in [6, 6.07) is 22.2. The Hall–Kier alpha value is -2.82. The van der Waals surface area contributed by atoms with Gasteiger partial charge in [-0.05, 0) is 41.7 Å². The van der Waals surface area contributed by atoms with Gasteiger partial charge in [0, 0.05) is 29.6 Å². The highest BCUT2D eigenvalue weighted by atomic mass is 35.5. The first kappa shape index (κ1) is 26.8. The molecule has 0 heterocycles. The van der Waals surface area contributed by atoms with Crippen molar-refractivity contribution in [3.05, 3.63) is 105 Å². The molecule has 3 aromatic carbocycles. The van der Waals surface area contributed by atoms with Crippen molar-refractivity contribution in [2.24, 2.45) is 5.92 Å². The maximum Gasteiger partial charge on any atom is 0.243 e. The Morgan fingerprint density at radius 2 is 1.63 bits per heavy atom. The minimum absolute atomic E-state index is 0.0740. The van der Waals surface area contributed by atoms with Crippen molar-refractivity contribution >= 4 is 35.0 Å². The highest BCUT2D eigenvalue weighted by Gasteiger charge is 2.30. The third-order valence-electron chi connectivity index (χ3n) is 5.75. The minimum Gasteiger partial charge on any atom is -0.354 e. The molecule has 0 unspecified atom stereocenters. The molecule has 35 heavy (non-hydrogen) atoms. The van der Waals surface area contributed by atoms with E-state index in [1.54, 1.807) is 23.1 Å². The summed E-state index contributed by atoms with van der Waals surface area (Å²) in [5, 5.41) is 3.99. The van der Waals surface area contributed by atoms with Gasteiger partial charge in [-0.2, -0.15) is 0 Å². The molecule has 4 nitrogen and oxygen atoms in total. The molecule has 0 saturated carbocycles. The van der Waals surface area contributed by atoms with Crippen molar-refractivity contribution < 1.29 is 9.59 Å². The van der Waals surface area contributed by atoms with E-state index in [1.165, 1.54) is 0 Å². The first-order valence-corrected chi connectivity index (χ1v) is 12.6. The minimum atomic E-state index is -0.671. The lowest BCUT2D eigenvalue weighted by atomic mass is 10.0. The van der Waals surface area contributed by atoms with Crippen molar-refractivity contribution in [2.45, 2.75) is 46.2 Å². The van der Waals surface area contributed by atoms with Gasteiger partial charge in [-0.15, -0.1) is 0 Å². The fourth-order valence-corrected chi connectivity index (χ4v) is 4.39. The molecule has 3 rings (SSSR count). The van der Waals surface area contributed by atoms with Crippen LogP contribution < -0.4 is 5.32 Å². The normalized spacial score (nSPS) is 11.8. The molecular formula is C29H32Cl2N2O2. The molecule has 0 radical (unpaired) electrons. The number of benzene rings is 3. The van der Waals surface area contributed by atoms with Crippen molar-refractivity contribution in [2.75, 3.05) is 6.54 Å². The summed E-state index contributed by atoms with van der Waals surface area (Å²) in [6.45, 7) is 6.97. The van der Waals surface area contributed by atoms with Crippen LogP contribution in [0.2, 0.25) is 10.0 Å². The largest absolute Gasteiger partial charge is 0.354 e. The Labute approximate surface area is 218 Å². The van der Waals surface area contributed by atoms with Crippen molar-refractivity contribution in [3.8, 4) is 0 Å². The average molecular weight is 511 g/mol. The van der Waals surface area contributed by atoms with Crippen molar-refractivity contribution in [1.82, 2.24) is 10.2 Å². The van der Waals surface area contributed by atoms with Gasteiger partial charge in [-0.3, -0.25) is 9.59 Å². The molecule has 0 aliphatic heterocycles. The number of hydrogen-bond donors (Lipinski definition) is 1. The van der Waals surface area contributed by atoms with Gasteiger partial charge in [-0.25, -0.2) is 0 Å². The van der Waals surface area contributed by atoms with Gasteiger partial charge in [-0.1, -0.05) is 103 Å². The molecule has 0 aliphatic carbocycles. The van der Waals surface area contributed by atoms with Crippen LogP contribution >= 0.6 is 23.2 Å². The summed E-state index contributed by atoms with van der Waals surface area (Å²) in [5.74, 6) is -0.0350. The Bertz CT molecular complexity index is 1150. The standard InChI is InChI=1S/C29H32Cl2N2O2/c1-20(2)18-32-29(35)27(15-22-9-5-4-6-10-22)33(19-23-11-7-8-21(3)14-23)28(34)16-24-12-13-25(30)17-26(24)31/h4-14,17,20,27H,15-16,18-19H2,1-3H3,(H,32,35)/t27-/m0/s1. The van der Waals surface area contributed by atoms with Gasteiger partial charge in [0.1, 0.15) is 6.04 Å². The number of carbonyl (C=O) groups is 2. The molecule has 0 bridgehead atoms. The van der Waals surface area contributed by atoms with Gasteiger partial charge >= 0.3 is 0 Å². The van der Waals surface area contributed by atoms with Crippen LogP contribution in [0.5, 0.6) is 0 Å². The zero-order valence-corrected chi connectivity index (χ0v) is 21.9. The monoisotopic (exact) mass is 510 g/mol. The molecule has 3 aromatic rings. The fourth-order valence-electron chi connectivity index (χ4n) is 3.91. The van der Waals surface area contributed by atoms with E-state index in [0.29, 0.717) is 41.0 Å². The number of amides is 2. The summed E-state index contributed by atoms with van der Waals surface area (Å²) in [5.41, 5.74) is 3.73. The number of rotatable bonds is 10. The van der Waals surface area contributed by atoms with E-state index in [0.717, 1.165) is 16.7 Å². The van der Waals surface area contributed by atoms with E-state index in [2.05, 4.69) is 5.32 Å². The van der Waals surface area contributed by atoms with Gasteiger partial charge in [0.15, 0.2) is 0 Å². The first-order valence-electron chi connectivity index (χ1n) is 11.8. The summed E-state index contributed by atoms with van der Waals surface area (Å²) in [6.07, 6.45) is 0.487. The Balaban J connectivity index is 1.97. The van der Waals surface area contributed by atoms with E-state index < -0.39 is 6.04 Å². The van der Waals surface area contributed by atoms with Crippen molar-refractivity contribution in [3.63, 3.8) is 0 Å². The second-order valence-electron chi connectivity index (χ2n) is 9.27. The molecule has 0 aromatic heterocycles. The van der Waals surface area contributed by atoms with E-state index >= 15 is 0 Å². The van der Waals surface area contributed by atoms with Crippen LogP contribution in [0.3, 0.4) is 0 Å². The molecule has 0 saturated heterocycles. The van der Waals surface area contributed by atoms with E-state index in [4.69, 9.17) is 23.2 Å². The molecule has 0 spiro atoms. The predicted octanol–water partition coefficient (Wildman–Crippen LogP) is 6.26. The highest BCUT2D eigenvalue weighted by Crippen LogP contribution is 2.23. The van der Waals surface area contributed by atoms with Crippen LogP contribution in [0.4, 0.5) is 0 Å². The van der Waals surface area contributed by atoms with Gasteiger partial charge in [0.25, 0.3) is 0 Å². The average Bonchev–Trinajstić information content (AvgIpc) is 2.82. The van der Waals surface area contributed by atoms with Gasteiger partial charge in [0.2, 0.25) is 11.8 Å². The third-order valence-corrected chi connectivity index (χ3v) is 6.33. The molecule has 0 aliphatic rings. The Kier molecular flexibility index (Phi) is 9.76. The molecule has 1 N–H and O–H groups in total. The first-order chi connectivity index (χ1) is 16.7. The number of halogens is 2. The lowest BCUT2D eigenvalue weighted by Crippen LogP contribution is -2.51. The number of hydrogen-bond acceptors (Lipinski definition) is 2. The number of aryl methyl sites for hydroxylation is 1. The Morgan fingerprint density at radius 1 is 0.914 bits per heavy atom. The summed E-state index contributed by atoms with van der Waals surface area (Å²) in [4.78, 5) is 28.9. The zero-order valence-electron chi connectivity index (χ0n) is 20.4. The second kappa shape index (κ2) is 12.8. The maximum atomic E-state index is 13.8. The Morgan fingerprint density at radius 3 is 2.29 bits per heavy atom. The molecule has 184 valence electrons. The molecule has 0 fully saturated rings. The summed E-state index contributed by atoms with van der Waals surface area (Å²) >= 11 is 12.4. The maximum absolute atomic E-state index is 13.8. The highest BCUT2D eigenvalue weighted by molar-refractivity contribution is 6.35. The van der Waals surface area contributed by atoms with E-state index in [9.17, 15) is 9.59 Å². The van der Waals surface area contributed by atoms with Crippen molar-refractivity contribution in [1.29, 1.82) is 0 Å². The van der Waals surface area contributed by atoms with Crippen LogP contribution in [0.25, 0.3) is 0 Å². The molecule has 2 amide bonds. The smallest absolute Gasteiger partial charge is 0.243 e. The zero-order chi connectivity index (χ0) is 25.4. The van der Waals surface area contributed by atoms with Gasteiger partial charge < -0.3 is 10.2 Å². The second-order valence-corrected chi connectivity index (χ2v) is 10.1. The topological polar surface area (TPSA) is 49.4 Å². The van der Waals surface area contributed by atoms with Crippen LogP contribution in [0, 0.1) is 12.8 Å². The number of nitrogens with zero attached hydrogens (tertiary/aromatic N) is 1.